The first-order chi connectivity index (χ1) is 25.6. The number of ether oxygens (including phenoxy) is 2. The van der Waals surface area contributed by atoms with E-state index in [-0.39, 0.29) is 26.1 Å². The predicted octanol–water partition coefficient (Wildman–Crippen LogP) is 8.99. The Labute approximate surface area is 320 Å². The number of carbonyl (C=O) groups is 2. The van der Waals surface area contributed by atoms with Gasteiger partial charge in [0.05, 0.1) is 19.8 Å². The molecule has 4 atom stereocenters. The molecular formula is C41H73O11P. The summed E-state index contributed by atoms with van der Waals surface area (Å²) in [6, 6.07) is 0. The third-order valence-electron chi connectivity index (χ3n) is 8.58. The van der Waals surface area contributed by atoms with Crippen LogP contribution < -0.4 is 0 Å². The molecule has 0 rings (SSSR count). The first-order valence-electron chi connectivity index (χ1n) is 20.1. The fourth-order valence-corrected chi connectivity index (χ4v) is 5.85. The Bertz CT molecular complexity index is 1040. The lowest BCUT2D eigenvalue weighted by atomic mass is 9.99. The highest BCUT2D eigenvalue weighted by Crippen LogP contribution is 2.43. The normalized spacial score (nSPS) is 15.1. The summed E-state index contributed by atoms with van der Waals surface area (Å²) in [5.74, 6) is -0.202. The van der Waals surface area contributed by atoms with Gasteiger partial charge < -0.3 is 29.7 Å². The maximum Gasteiger partial charge on any atom is 0.472 e. The van der Waals surface area contributed by atoms with Crippen molar-refractivity contribution in [3.63, 3.8) is 0 Å². The Kier molecular flexibility index (Phi) is 35.4. The fourth-order valence-electron chi connectivity index (χ4n) is 5.06. The minimum Gasteiger partial charge on any atom is -0.462 e. The van der Waals surface area contributed by atoms with Gasteiger partial charge >= 0.3 is 19.8 Å². The van der Waals surface area contributed by atoms with E-state index in [1.165, 1.54) is 38.5 Å². The molecule has 0 heterocycles. The topological polar surface area (TPSA) is 169 Å². The third kappa shape index (κ3) is 36.6. The van der Waals surface area contributed by atoms with E-state index >= 15 is 0 Å². The van der Waals surface area contributed by atoms with Crippen LogP contribution in [0.2, 0.25) is 0 Å². The minimum absolute atomic E-state index is 0.0976. The molecule has 2 unspecified atom stereocenters. The van der Waals surface area contributed by atoms with Crippen LogP contribution in [0.3, 0.4) is 0 Å². The maximum atomic E-state index is 12.6. The number of aliphatic hydroxyl groups is 3. The molecule has 0 bridgehead atoms. The number of phosphoric acid groups is 1. The van der Waals surface area contributed by atoms with Gasteiger partial charge in [0, 0.05) is 19.4 Å². The smallest absolute Gasteiger partial charge is 0.462 e. The highest BCUT2D eigenvalue weighted by molar-refractivity contribution is 7.47. The first-order valence-corrected chi connectivity index (χ1v) is 21.6. The summed E-state index contributed by atoms with van der Waals surface area (Å²) in [5, 5.41) is 27.1. The molecule has 0 amide bonds. The number of carbonyl (C=O) groups excluding carboxylic acids is 2. The number of unbranched alkanes of at least 4 members (excludes halogenated alkanes) is 11. The van der Waals surface area contributed by atoms with Crippen molar-refractivity contribution in [1.29, 1.82) is 0 Å². The Morgan fingerprint density at radius 2 is 1.15 bits per heavy atom. The van der Waals surface area contributed by atoms with Crippen LogP contribution in [0.1, 0.15) is 149 Å². The third-order valence-corrected chi connectivity index (χ3v) is 9.53. The second-order valence-electron chi connectivity index (χ2n) is 13.6. The lowest BCUT2D eigenvalue weighted by Crippen LogP contribution is -2.29. The summed E-state index contributed by atoms with van der Waals surface area (Å²) in [4.78, 5) is 34.8. The van der Waals surface area contributed by atoms with E-state index in [1.54, 1.807) is 0 Å². The highest BCUT2D eigenvalue weighted by Gasteiger charge is 2.27. The first kappa shape index (κ1) is 50.9. The van der Waals surface area contributed by atoms with Gasteiger partial charge in [-0.3, -0.25) is 18.6 Å². The van der Waals surface area contributed by atoms with Gasteiger partial charge in [-0.05, 0) is 63.7 Å². The van der Waals surface area contributed by atoms with Crippen LogP contribution in [0, 0.1) is 5.92 Å². The SMILES string of the molecule is CCC(C)CCCCCCCCCCC(=O)OC[C@H](COP(=O)(O)OC[C@@H](O)CO)OC(=O)CCC/C=C\C/C=C\C/C=C\C/C=C\CCCCCO. The molecule has 0 aliphatic heterocycles. The van der Waals surface area contributed by atoms with Gasteiger partial charge in [-0.15, -0.1) is 0 Å². The largest absolute Gasteiger partial charge is 0.472 e. The van der Waals surface area contributed by atoms with Crippen molar-refractivity contribution in [3.05, 3.63) is 48.6 Å². The molecule has 0 spiro atoms. The molecule has 53 heavy (non-hydrogen) atoms. The van der Waals surface area contributed by atoms with Crippen LogP contribution in [-0.2, 0) is 32.7 Å². The van der Waals surface area contributed by atoms with Crippen LogP contribution in [0.5, 0.6) is 0 Å². The number of phosphoric ester groups is 1. The lowest BCUT2D eigenvalue weighted by molar-refractivity contribution is -0.161. The van der Waals surface area contributed by atoms with Crippen molar-refractivity contribution in [1.82, 2.24) is 0 Å². The molecule has 0 aliphatic carbocycles. The van der Waals surface area contributed by atoms with E-state index in [4.69, 9.17) is 24.2 Å². The van der Waals surface area contributed by atoms with E-state index in [9.17, 15) is 24.2 Å². The molecule has 0 fully saturated rings. The molecule has 12 heteroatoms. The van der Waals surface area contributed by atoms with Crippen molar-refractivity contribution < 1.29 is 52.9 Å². The Hall–Kier alpha value is -2.11. The zero-order valence-electron chi connectivity index (χ0n) is 32.8. The zero-order chi connectivity index (χ0) is 39.3. The zero-order valence-corrected chi connectivity index (χ0v) is 33.7. The molecular weight excluding hydrogens is 699 g/mol. The molecule has 4 N–H and O–H groups in total. The summed E-state index contributed by atoms with van der Waals surface area (Å²) < 4.78 is 32.5. The predicted molar refractivity (Wildman–Crippen MR) is 211 cm³/mol. The number of aliphatic hydroxyl groups excluding tert-OH is 3. The lowest BCUT2D eigenvalue weighted by Gasteiger charge is -2.20. The van der Waals surface area contributed by atoms with Crippen LogP contribution in [0.4, 0.5) is 0 Å². The summed E-state index contributed by atoms with van der Waals surface area (Å²) in [5.41, 5.74) is 0. The van der Waals surface area contributed by atoms with Gasteiger partial charge in [0.25, 0.3) is 0 Å². The fraction of sp³-hybridized carbons (Fsp3) is 0.756. The van der Waals surface area contributed by atoms with Crippen molar-refractivity contribution in [2.75, 3.05) is 33.0 Å². The van der Waals surface area contributed by atoms with E-state index < -0.39 is 51.8 Å². The van der Waals surface area contributed by atoms with Crippen LogP contribution in [0.15, 0.2) is 48.6 Å². The van der Waals surface area contributed by atoms with Gasteiger partial charge in [0.2, 0.25) is 0 Å². The molecule has 0 saturated carbocycles. The molecule has 308 valence electrons. The van der Waals surface area contributed by atoms with Crippen molar-refractivity contribution in [2.24, 2.45) is 5.92 Å². The standard InChI is InChI=1S/C41H73O11P/c1-3-37(2)29-25-21-17-14-15-18-22-26-30-40(45)49-35-39(36-51-53(47,48)50-34-38(44)33-43)52-41(46)31-27-23-19-13-11-9-7-5-4-6-8-10-12-16-20-24-28-32-42/h4,6-7,9-10,12-13,19,37-39,42-44H,3,5,8,11,14-18,20-36H2,1-2H3,(H,47,48)/b6-4-,9-7-,12-10-,19-13-/t37?,38-,39+/m0/s1. The van der Waals surface area contributed by atoms with Gasteiger partial charge in [0.15, 0.2) is 6.10 Å². The van der Waals surface area contributed by atoms with Gasteiger partial charge in [-0.2, -0.15) is 0 Å². The van der Waals surface area contributed by atoms with Crippen LogP contribution >= 0.6 is 7.82 Å². The van der Waals surface area contributed by atoms with Crippen LogP contribution in [0.25, 0.3) is 0 Å². The number of allylic oxidation sites excluding steroid dienone is 8. The Balaban J connectivity index is 4.45. The van der Waals surface area contributed by atoms with E-state index in [2.05, 4.69) is 54.8 Å². The van der Waals surface area contributed by atoms with E-state index in [0.29, 0.717) is 19.3 Å². The van der Waals surface area contributed by atoms with Gasteiger partial charge in [-0.25, -0.2) is 4.57 Å². The van der Waals surface area contributed by atoms with Crippen molar-refractivity contribution in [3.8, 4) is 0 Å². The van der Waals surface area contributed by atoms with Crippen molar-refractivity contribution in [2.45, 2.75) is 161 Å². The van der Waals surface area contributed by atoms with Crippen molar-refractivity contribution >= 4 is 19.8 Å². The van der Waals surface area contributed by atoms with Gasteiger partial charge in [0.1, 0.15) is 12.7 Å². The average molecular weight is 773 g/mol. The summed E-state index contributed by atoms with van der Waals surface area (Å²) in [6.45, 7) is 2.61. The van der Waals surface area contributed by atoms with E-state index in [1.807, 2.05) is 12.2 Å². The molecule has 0 aromatic rings. The number of rotatable bonds is 37. The molecule has 0 saturated heterocycles. The second kappa shape index (κ2) is 36.8. The quantitative estimate of drug-likeness (QED) is 0.0206. The summed E-state index contributed by atoms with van der Waals surface area (Å²) in [6.07, 6.45) is 33.9. The minimum atomic E-state index is -4.63. The number of hydrogen-bond acceptors (Lipinski definition) is 10. The summed E-state index contributed by atoms with van der Waals surface area (Å²) >= 11 is 0. The second-order valence-corrected chi connectivity index (χ2v) is 15.1. The van der Waals surface area contributed by atoms with Gasteiger partial charge in [-0.1, -0.05) is 127 Å². The molecule has 0 radical (unpaired) electrons. The maximum absolute atomic E-state index is 12.6. The highest BCUT2D eigenvalue weighted by atomic mass is 31.2. The van der Waals surface area contributed by atoms with Crippen LogP contribution in [-0.4, -0.2) is 77.4 Å². The Morgan fingerprint density at radius 1 is 0.642 bits per heavy atom. The Morgan fingerprint density at radius 3 is 1.74 bits per heavy atom. The molecule has 0 aliphatic rings. The average Bonchev–Trinajstić information content (AvgIpc) is 3.14. The number of hydrogen-bond donors (Lipinski definition) is 4. The molecule has 0 aromatic carbocycles. The monoisotopic (exact) mass is 772 g/mol. The number of esters is 2. The van der Waals surface area contributed by atoms with E-state index in [0.717, 1.165) is 70.1 Å². The molecule has 0 aromatic heterocycles. The summed E-state index contributed by atoms with van der Waals surface area (Å²) in [7, 11) is -4.63. The molecule has 11 nitrogen and oxygen atoms in total.